The van der Waals surface area contributed by atoms with Gasteiger partial charge in [-0.2, -0.15) is 0 Å². The molecule has 0 aromatic carbocycles. The summed E-state index contributed by atoms with van der Waals surface area (Å²) in [4.78, 5) is 4.75. The Bertz CT molecular complexity index is 61.9. The maximum atomic E-state index is 4.75. The van der Waals surface area contributed by atoms with Crippen LogP contribution >= 0.6 is 0 Å². The lowest BCUT2D eigenvalue weighted by atomic mass is 10.6. The molecule has 0 amide bonds. The smallest absolute Gasteiger partial charge is 0.116 e. The first-order valence-electron chi connectivity index (χ1n) is 1.82. The van der Waals surface area contributed by atoms with Crippen LogP contribution in [0.5, 0.6) is 0 Å². The molecule has 6 heavy (non-hydrogen) atoms. The van der Waals surface area contributed by atoms with Crippen molar-refractivity contribution in [3.05, 3.63) is 12.3 Å². The predicted octanol–water partition coefficient (Wildman–Crippen LogP) is 0.180. The Hall–Kier alpha value is -0.500. The van der Waals surface area contributed by atoms with E-state index in [4.69, 9.17) is 4.84 Å². The van der Waals surface area contributed by atoms with Crippen LogP contribution in [0.4, 0.5) is 0 Å². The minimum Gasteiger partial charge on any atom is -0.413 e. The van der Waals surface area contributed by atoms with Gasteiger partial charge in [-0.25, -0.2) is 0 Å². The topological polar surface area (TPSA) is 12.5 Å². The van der Waals surface area contributed by atoms with Crippen LogP contribution in [0.1, 0.15) is 0 Å². The molecular formula is C4H6NO. The van der Waals surface area contributed by atoms with Gasteiger partial charge >= 0.3 is 0 Å². The van der Waals surface area contributed by atoms with Gasteiger partial charge in [-0.05, 0) is 0 Å². The number of likely N-dealkylation sites (N-methyl/N-ethyl adjacent to an activating group) is 1. The van der Waals surface area contributed by atoms with Crippen molar-refractivity contribution in [2.45, 2.75) is 0 Å². The van der Waals surface area contributed by atoms with Crippen molar-refractivity contribution in [3.8, 4) is 0 Å². The number of hydroxylamine groups is 2. The Morgan fingerprint density at radius 3 is 3.00 bits per heavy atom. The van der Waals surface area contributed by atoms with Crippen molar-refractivity contribution in [2.24, 2.45) is 0 Å². The summed E-state index contributed by atoms with van der Waals surface area (Å²) in [7, 11) is 1.86. The van der Waals surface area contributed by atoms with Gasteiger partial charge < -0.3 is 4.84 Å². The largest absolute Gasteiger partial charge is 0.413 e. The molecule has 0 N–H and O–H groups in total. The average molecular weight is 84.1 g/mol. The van der Waals surface area contributed by atoms with Crippen LogP contribution in [-0.2, 0) is 4.84 Å². The zero-order valence-corrected chi connectivity index (χ0v) is 3.64. The van der Waals surface area contributed by atoms with Gasteiger partial charge in [0.1, 0.15) is 6.26 Å². The van der Waals surface area contributed by atoms with E-state index in [2.05, 4.69) is 6.08 Å². The first-order chi connectivity index (χ1) is 2.89. The fraction of sp³-hybridized carbons (Fsp3) is 0.500. The standard InChI is InChI=1S/C4H6NO/c1-5-3-2-4-6-5/h4H,3H2,1H3. The van der Waals surface area contributed by atoms with Gasteiger partial charge in [-0.15, -0.1) is 5.06 Å². The van der Waals surface area contributed by atoms with Gasteiger partial charge in [-0.1, -0.05) is 0 Å². The second kappa shape index (κ2) is 1.30. The molecule has 0 spiro atoms. The molecule has 0 aromatic rings. The monoisotopic (exact) mass is 84.0 g/mol. The molecule has 2 heteroatoms. The van der Waals surface area contributed by atoms with Gasteiger partial charge in [-0.3, -0.25) is 0 Å². The highest BCUT2D eigenvalue weighted by Crippen LogP contribution is 1.92. The fourth-order valence-electron chi connectivity index (χ4n) is 0.330. The van der Waals surface area contributed by atoms with Gasteiger partial charge in [0.25, 0.3) is 0 Å². The molecule has 0 saturated carbocycles. The van der Waals surface area contributed by atoms with E-state index in [0.717, 1.165) is 6.54 Å². The Kier molecular flexibility index (Phi) is 0.801. The zero-order chi connectivity index (χ0) is 4.41. The molecule has 0 saturated heterocycles. The van der Waals surface area contributed by atoms with Crippen molar-refractivity contribution in [1.82, 2.24) is 5.06 Å². The van der Waals surface area contributed by atoms with Crippen LogP contribution in [0, 0.1) is 6.08 Å². The van der Waals surface area contributed by atoms with Crippen molar-refractivity contribution >= 4 is 0 Å². The number of hydrogen-bond donors (Lipinski definition) is 0. The lowest BCUT2D eigenvalue weighted by Crippen LogP contribution is -2.09. The summed E-state index contributed by atoms with van der Waals surface area (Å²) in [5, 5.41) is 1.69. The van der Waals surface area contributed by atoms with Gasteiger partial charge in [0.05, 0.1) is 6.54 Å². The molecule has 0 aromatic heterocycles. The second-order valence-electron chi connectivity index (χ2n) is 1.21. The van der Waals surface area contributed by atoms with Gasteiger partial charge in [0, 0.05) is 13.1 Å². The van der Waals surface area contributed by atoms with Gasteiger partial charge in [0.2, 0.25) is 0 Å². The average Bonchev–Trinajstić information content (AvgIpc) is 1.86. The van der Waals surface area contributed by atoms with Crippen LogP contribution in [0.2, 0.25) is 0 Å². The molecule has 0 aliphatic carbocycles. The summed E-state index contributed by atoms with van der Waals surface area (Å²) in [5.74, 6) is 0. The van der Waals surface area contributed by atoms with Crippen LogP contribution in [0.25, 0.3) is 0 Å². The van der Waals surface area contributed by atoms with Crippen LogP contribution < -0.4 is 0 Å². The molecule has 0 bridgehead atoms. The Morgan fingerprint density at radius 2 is 2.83 bits per heavy atom. The highest BCUT2D eigenvalue weighted by Gasteiger charge is 1.96. The van der Waals surface area contributed by atoms with E-state index in [1.807, 2.05) is 7.05 Å². The van der Waals surface area contributed by atoms with E-state index < -0.39 is 0 Å². The van der Waals surface area contributed by atoms with E-state index >= 15 is 0 Å². The summed E-state index contributed by atoms with van der Waals surface area (Å²) >= 11 is 0. The highest BCUT2D eigenvalue weighted by molar-refractivity contribution is 4.69. The third-order valence-electron chi connectivity index (χ3n) is 0.630. The Labute approximate surface area is 37.0 Å². The van der Waals surface area contributed by atoms with Crippen molar-refractivity contribution in [2.75, 3.05) is 13.6 Å². The third kappa shape index (κ3) is 0.518. The van der Waals surface area contributed by atoms with Crippen molar-refractivity contribution < 1.29 is 4.84 Å². The molecule has 1 heterocycles. The second-order valence-corrected chi connectivity index (χ2v) is 1.21. The molecule has 1 aliphatic rings. The first kappa shape index (κ1) is 3.68. The lowest BCUT2D eigenvalue weighted by Gasteiger charge is -2.02. The molecular weight excluding hydrogens is 78.0 g/mol. The van der Waals surface area contributed by atoms with E-state index in [0.29, 0.717) is 0 Å². The number of nitrogens with zero attached hydrogens (tertiary/aromatic N) is 1. The van der Waals surface area contributed by atoms with E-state index in [1.165, 1.54) is 0 Å². The zero-order valence-electron chi connectivity index (χ0n) is 3.64. The highest BCUT2D eigenvalue weighted by atomic mass is 16.7. The van der Waals surface area contributed by atoms with Crippen molar-refractivity contribution in [1.29, 1.82) is 0 Å². The molecule has 0 fully saturated rings. The summed E-state index contributed by atoms with van der Waals surface area (Å²) < 4.78 is 0. The first-order valence-corrected chi connectivity index (χ1v) is 1.82. The van der Waals surface area contributed by atoms with E-state index in [9.17, 15) is 0 Å². The summed E-state index contributed by atoms with van der Waals surface area (Å²) in [5.41, 5.74) is 0. The number of hydrogen-bond acceptors (Lipinski definition) is 2. The molecule has 0 atom stereocenters. The molecule has 2 nitrogen and oxygen atoms in total. The van der Waals surface area contributed by atoms with Crippen LogP contribution in [0.3, 0.4) is 0 Å². The summed E-state index contributed by atoms with van der Waals surface area (Å²) in [6, 6.07) is 0. The normalized spacial score (nSPS) is 21.5. The number of rotatable bonds is 0. The molecule has 0 unspecified atom stereocenters. The Morgan fingerprint density at radius 1 is 2.00 bits per heavy atom. The maximum Gasteiger partial charge on any atom is 0.116 e. The van der Waals surface area contributed by atoms with Crippen LogP contribution in [0.15, 0.2) is 6.26 Å². The van der Waals surface area contributed by atoms with Crippen LogP contribution in [-0.4, -0.2) is 18.7 Å². The van der Waals surface area contributed by atoms with Gasteiger partial charge in [0.15, 0.2) is 0 Å². The SMILES string of the molecule is CN1C[C]=CO1. The minimum atomic E-state index is 0.792. The predicted molar refractivity (Wildman–Crippen MR) is 21.5 cm³/mol. The molecule has 1 aliphatic heterocycles. The summed E-state index contributed by atoms with van der Waals surface area (Å²) in [6.45, 7) is 0.792. The Balaban J connectivity index is 2.32. The quantitative estimate of drug-likeness (QED) is 0.415. The molecule has 1 rings (SSSR count). The fourth-order valence-corrected chi connectivity index (χ4v) is 0.330. The summed E-state index contributed by atoms with van der Waals surface area (Å²) in [6.07, 6.45) is 4.41. The third-order valence-corrected chi connectivity index (χ3v) is 0.630. The van der Waals surface area contributed by atoms with E-state index in [-0.39, 0.29) is 0 Å². The maximum absolute atomic E-state index is 4.75. The van der Waals surface area contributed by atoms with E-state index in [1.54, 1.807) is 11.3 Å². The molecule has 1 radical (unpaired) electrons. The molecule has 33 valence electrons. The minimum absolute atomic E-state index is 0.792. The lowest BCUT2D eigenvalue weighted by molar-refractivity contribution is -0.0495. The van der Waals surface area contributed by atoms with Crippen molar-refractivity contribution in [3.63, 3.8) is 0 Å².